The zero-order valence-corrected chi connectivity index (χ0v) is 21.0. The fourth-order valence-electron chi connectivity index (χ4n) is 5.76. The molecule has 0 saturated carbocycles. The molecule has 2 aromatic carbocycles. The third kappa shape index (κ3) is 5.26. The number of benzene rings is 2. The number of halogens is 4. The number of ether oxygens (including phenoxy) is 2. The molecule has 2 bridgehead atoms. The van der Waals surface area contributed by atoms with Crippen LogP contribution in [0.15, 0.2) is 48.5 Å². The van der Waals surface area contributed by atoms with Crippen molar-refractivity contribution in [3.63, 3.8) is 0 Å². The van der Waals surface area contributed by atoms with Crippen LogP contribution in [0.2, 0.25) is 0 Å². The van der Waals surface area contributed by atoms with Crippen LogP contribution in [0, 0.1) is 11.8 Å². The lowest BCUT2D eigenvalue weighted by Crippen LogP contribution is -2.55. The summed E-state index contributed by atoms with van der Waals surface area (Å²) < 4.78 is 47.1. The molecule has 3 fully saturated rings. The van der Waals surface area contributed by atoms with Gasteiger partial charge in [-0.2, -0.15) is 0 Å². The molecule has 1 N–H and O–H groups in total. The summed E-state index contributed by atoms with van der Waals surface area (Å²) in [5.41, 5.74) is 2.67. The number of aromatic nitrogens is 1. The van der Waals surface area contributed by atoms with Gasteiger partial charge < -0.3 is 14.6 Å². The first-order valence-corrected chi connectivity index (χ1v) is 12.0. The average molecular weight is 523 g/mol. The van der Waals surface area contributed by atoms with Gasteiger partial charge in [0.05, 0.1) is 24.4 Å². The van der Waals surface area contributed by atoms with Crippen molar-refractivity contribution < 1.29 is 27.8 Å². The van der Waals surface area contributed by atoms with Crippen molar-refractivity contribution in [2.45, 2.75) is 44.7 Å². The van der Waals surface area contributed by atoms with Gasteiger partial charge in [0.15, 0.2) is 0 Å². The lowest BCUT2D eigenvalue weighted by Gasteiger charge is -2.51. The molecule has 0 spiro atoms. The molecule has 5 nitrogen and oxygen atoms in total. The highest BCUT2D eigenvalue weighted by molar-refractivity contribution is 5.87. The van der Waals surface area contributed by atoms with E-state index in [0.29, 0.717) is 34.4 Å². The fraction of sp³-hybridized carbons (Fsp3) is 0.444. The normalized spacial score (nSPS) is 24.3. The first kappa shape index (κ1) is 26.5. The standard InChI is InChI=1S/C27H29F3N2O3.ClH/c1-3-16-15-32-11-10-18(16)12-25(32)26(33)22-14-24(31-23-9-8-20(34-2)13-21(22)23)17-4-6-19(7-5-17)35-27(28,29)30;/h4-9,13-14,16,18,25-26,33H,3,10-12,15H2,1-2H3;1H/t16-,18+,25-,26+;/m0./s1. The van der Waals surface area contributed by atoms with Crippen molar-refractivity contribution in [1.82, 2.24) is 9.88 Å². The van der Waals surface area contributed by atoms with Crippen LogP contribution >= 0.6 is 12.4 Å². The summed E-state index contributed by atoms with van der Waals surface area (Å²) in [4.78, 5) is 7.15. The molecule has 6 rings (SSSR count). The van der Waals surface area contributed by atoms with E-state index in [1.54, 1.807) is 19.2 Å². The van der Waals surface area contributed by atoms with Crippen molar-refractivity contribution in [3.8, 4) is 22.8 Å². The summed E-state index contributed by atoms with van der Waals surface area (Å²) >= 11 is 0. The lowest BCUT2D eigenvalue weighted by molar-refractivity contribution is -0.274. The third-order valence-electron chi connectivity index (χ3n) is 7.58. The maximum atomic E-state index is 12.6. The van der Waals surface area contributed by atoms with E-state index in [9.17, 15) is 18.3 Å². The molecule has 3 aliphatic rings. The number of fused-ring (bicyclic) bond motifs is 4. The SMILES string of the molecule is CC[C@H]1CN2CC[C@@H]1C[C@H]2[C@H](O)c1cc(-c2ccc(OC(F)(F)F)cc2)nc2ccc(OC)cc12.Cl. The molecule has 5 atom stereocenters. The minimum Gasteiger partial charge on any atom is -0.497 e. The van der Waals surface area contributed by atoms with Gasteiger partial charge in [-0.3, -0.25) is 4.90 Å². The number of hydrogen-bond donors (Lipinski definition) is 1. The van der Waals surface area contributed by atoms with Gasteiger partial charge in [-0.05, 0) is 85.3 Å². The Balaban J connectivity index is 0.00000304. The van der Waals surface area contributed by atoms with E-state index < -0.39 is 12.5 Å². The van der Waals surface area contributed by atoms with Crippen LogP contribution in [0.25, 0.3) is 22.2 Å². The summed E-state index contributed by atoms with van der Waals surface area (Å²) in [6, 6.07) is 13.1. The number of rotatable bonds is 6. The Morgan fingerprint density at radius 3 is 2.44 bits per heavy atom. The minimum absolute atomic E-state index is 0. The van der Waals surface area contributed by atoms with Gasteiger partial charge in [0.2, 0.25) is 0 Å². The van der Waals surface area contributed by atoms with Crippen LogP contribution in [0.5, 0.6) is 11.5 Å². The molecule has 9 heteroatoms. The second-order valence-electron chi connectivity index (χ2n) is 9.51. The molecule has 0 aliphatic carbocycles. The first-order valence-electron chi connectivity index (χ1n) is 12.0. The van der Waals surface area contributed by atoms with E-state index in [2.05, 4.69) is 16.6 Å². The molecular weight excluding hydrogens is 493 g/mol. The molecule has 36 heavy (non-hydrogen) atoms. The molecule has 0 amide bonds. The predicted octanol–water partition coefficient (Wildman–Crippen LogP) is 6.38. The second-order valence-corrected chi connectivity index (χ2v) is 9.51. The van der Waals surface area contributed by atoms with Crippen LogP contribution in [0.4, 0.5) is 13.2 Å². The van der Waals surface area contributed by atoms with Gasteiger partial charge in [0.1, 0.15) is 11.5 Å². The van der Waals surface area contributed by atoms with Gasteiger partial charge in [-0.15, -0.1) is 25.6 Å². The molecule has 1 aromatic heterocycles. The molecule has 3 aromatic rings. The first-order chi connectivity index (χ1) is 16.8. The Kier molecular flexibility index (Phi) is 7.69. The molecule has 4 heterocycles. The van der Waals surface area contributed by atoms with Gasteiger partial charge in [0.25, 0.3) is 0 Å². The number of pyridine rings is 1. The smallest absolute Gasteiger partial charge is 0.497 e. The molecule has 3 aliphatic heterocycles. The van der Waals surface area contributed by atoms with Gasteiger partial charge in [-0.25, -0.2) is 4.98 Å². The number of nitrogens with zero attached hydrogens (tertiary/aromatic N) is 2. The highest BCUT2D eigenvalue weighted by Gasteiger charge is 2.42. The Labute approximate surface area is 214 Å². The van der Waals surface area contributed by atoms with Crippen LogP contribution in [-0.4, -0.2) is 47.6 Å². The monoisotopic (exact) mass is 522 g/mol. The second kappa shape index (κ2) is 10.4. The molecular formula is C27H30ClF3N2O3. The number of alkyl halides is 3. The zero-order chi connectivity index (χ0) is 24.7. The van der Waals surface area contributed by atoms with Crippen LogP contribution in [-0.2, 0) is 0 Å². The maximum Gasteiger partial charge on any atom is 0.573 e. The van der Waals surface area contributed by atoms with E-state index in [1.165, 1.54) is 18.6 Å². The van der Waals surface area contributed by atoms with E-state index in [1.807, 2.05) is 24.3 Å². The summed E-state index contributed by atoms with van der Waals surface area (Å²) in [6.07, 6.45) is -2.20. The van der Waals surface area contributed by atoms with Crippen LogP contribution in [0.1, 0.15) is 37.9 Å². The van der Waals surface area contributed by atoms with Gasteiger partial charge in [-0.1, -0.05) is 13.3 Å². The number of piperidine rings is 3. The molecule has 1 unspecified atom stereocenters. The predicted molar refractivity (Wildman–Crippen MR) is 134 cm³/mol. The Morgan fingerprint density at radius 1 is 1.11 bits per heavy atom. The van der Waals surface area contributed by atoms with E-state index in [-0.39, 0.29) is 24.2 Å². The summed E-state index contributed by atoms with van der Waals surface area (Å²) in [5.74, 6) is 1.68. The highest BCUT2D eigenvalue weighted by Crippen LogP contribution is 2.43. The van der Waals surface area contributed by atoms with Crippen molar-refractivity contribution in [2.75, 3.05) is 20.2 Å². The zero-order valence-electron chi connectivity index (χ0n) is 20.2. The Hall–Kier alpha value is -2.55. The minimum atomic E-state index is -4.75. The van der Waals surface area contributed by atoms with Crippen molar-refractivity contribution in [1.29, 1.82) is 0 Å². The topological polar surface area (TPSA) is 54.8 Å². The molecule has 3 saturated heterocycles. The quantitative estimate of drug-likeness (QED) is 0.407. The third-order valence-corrected chi connectivity index (χ3v) is 7.58. The van der Waals surface area contributed by atoms with E-state index in [0.717, 1.165) is 36.9 Å². The fourth-order valence-corrected chi connectivity index (χ4v) is 5.76. The molecule has 194 valence electrons. The Bertz CT molecular complexity index is 1210. The number of hydrogen-bond acceptors (Lipinski definition) is 5. The van der Waals surface area contributed by atoms with Crippen LogP contribution < -0.4 is 9.47 Å². The van der Waals surface area contributed by atoms with E-state index in [4.69, 9.17) is 9.72 Å². The Morgan fingerprint density at radius 2 is 1.83 bits per heavy atom. The van der Waals surface area contributed by atoms with Gasteiger partial charge in [0, 0.05) is 23.5 Å². The van der Waals surface area contributed by atoms with Crippen molar-refractivity contribution in [2.24, 2.45) is 11.8 Å². The summed E-state index contributed by atoms with van der Waals surface area (Å²) in [6.45, 7) is 4.23. The number of aliphatic hydroxyl groups excluding tert-OH is 1. The lowest BCUT2D eigenvalue weighted by atomic mass is 9.72. The average Bonchev–Trinajstić information content (AvgIpc) is 2.87. The van der Waals surface area contributed by atoms with Crippen LogP contribution in [0.3, 0.4) is 0 Å². The van der Waals surface area contributed by atoms with Gasteiger partial charge >= 0.3 is 6.36 Å². The maximum absolute atomic E-state index is 12.6. The van der Waals surface area contributed by atoms with Crippen molar-refractivity contribution >= 4 is 23.3 Å². The summed E-state index contributed by atoms with van der Waals surface area (Å²) in [7, 11) is 1.60. The number of aliphatic hydroxyl groups is 1. The summed E-state index contributed by atoms with van der Waals surface area (Å²) in [5, 5.41) is 12.5. The number of methoxy groups -OCH3 is 1. The molecule has 0 radical (unpaired) electrons. The highest BCUT2D eigenvalue weighted by atomic mass is 35.5. The largest absolute Gasteiger partial charge is 0.573 e. The van der Waals surface area contributed by atoms with E-state index >= 15 is 0 Å². The van der Waals surface area contributed by atoms with Crippen molar-refractivity contribution in [3.05, 3.63) is 54.1 Å².